The third-order valence-electron chi connectivity index (χ3n) is 10.9. The van der Waals surface area contributed by atoms with Gasteiger partial charge in [-0.2, -0.15) is 0 Å². The van der Waals surface area contributed by atoms with Gasteiger partial charge < -0.3 is 8.83 Å². The zero-order chi connectivity index (χ0) is 37.5. The first-order valence-electron chi connectivity index (χ1n) is 18.9. The van der Waals surface area contributed by atoms with Gasteiger partial charge in [0.25, 0.3) is 0 Å². The molecule has 0 unspecified atom stereocenters. The van der Waals surface area contributed by atoms with Crippen LogP contribution in [0.2, 0.25) is 0 Å². The first-order valence-corrected chi connectivity index (χ1v) is 19.7. The molecule has 0 saturated heterocycles. The molecular formula is C51H29N3O2S. The Bertz CT molecular complexity index is 3470. The van der Waals surface area contributed by atoms with E-state index in [-0.39, 0.29) is 0 Å². The average Bonchev–Trinajstić information content (AvgIpc) is 3.97. The molecule has 0 atom stereocenters. The molecule has 6 heteroatoms. The number of rotatable bonds is 5. The van der Waals surface area contributed by atoms with Gasteiger partial charge in [-0.15, -0.1) is 11.3 Å². The topological polar surface area (TPSA) is 65.0 Å². The Morgan fingerprint density at radius 2 is 0.807 bits per heavy atom. The third kappa shape index (κ3) is 5.26. The van der Waals surface area contributed by atoms with Crippen molar-refractivity contribution in [2.75, 3.05) is 0 Å². The summed E-state index contributed by atoms with van der Waals surface area (Å²) >= 11 is 1.80. The van der Waals surface area contributed by atoms with Crippen molar-refractivity contribution in [3.8, 4) is 56.4 Å². The number of thiophene rings is 1. The van der Waals surface area contributed by atoms with Gasteiger partial charge in [0.2, 0.25) is 0 Å². The van der Waals surface area contributed by atoms with Crippen molar-refractivity contribution in [1.82, 2.24) is 15.0 Å². The molecule has 0 radical (unpaired) electrons. The van der Waals surface area contributed by atoms with Crippen molar-refractivity contribution in [2.24, 2.45) is 0 Å². The summed E-state index contributed by atoms with van der Waals surface area (Å²) in [7, 11) is 0. The molecular weight excluding hydrogens is 719 g/mol. The van der Waals surface area contributed by atoms with Gasteiger partial charge >= 0.3 is 0 Å². The summed E-state index contributed by atoms with van der Waals surface area (Å²) in [6.07, 6.45) is 0. The van der Waals surface area contributed by atoms with Crippen LogP contribution < -0.4 is 0 Å². The molecule has 12 aromatic rings. The average molecular weight is 748 g/mol. The van der Waals surface area contributed by atoms with Gasteiger partial charge in [0, 0.05) is 64.0 Å². The van der Waals surface area contributed by atoms with Gasteiger partial charge in [-0.1, -0.05) is 115 Å². The normalized spacial score (nSPS) is 11.9. The van der Waals surface area contributed by atoms with E-state index in [1.54, 1.807) is 11.3 Å². The Morgan fingerprint density at radius 1 is 0.316 bits per heavy atom. The highest BCUT2D eigenvalue weighted by Gasteiger charge is 2.17. The van der Waals surface area contributed by atoms with Crippen molar-refractivity contribution < 1.29 is 8.83 Å². The second-order valence-electron chi connectivity index (χ2n) is 14.4. The van der Waals surface area contributed by atoms with Crippen LogP contribution in [0.4, 0.5) is 0 Å². The van der Waals surface area contributed by atoms with Crippen LogP contribution in [-0.4, -0.2) is 15.0 Å². The summed E-state index contributed by atoms with van der Waals surface area (Å²) in [4.78, 5) is 14.9. The second kappa shape index (κ2) is 12.6. The van der Waals surface area contributed by atoms with Crippen LogP contribution >= 0.6 is 11.3 Å². The minimum absolute atomic E-state index is 0.648. The fraction of sp³-hybridized carbons (Fsp3) is 0. The van der Waals surface area contributed by atoms with Crippen LogP contribution in [-0.2, 0) is 0 Å². The summed E-state index contributed by atoms with van der Waals surface area (Å²) in [5.74, 6) is 1.95. The smallest absolute Gasteiger partial charge is 0.164 e. The maximum Gasteiger partial charge on any atom is 0.164 e. The van der Waals surface area contributed by atoms with E-state index >= 15 is 0 Å². The summed E-state index contributed by atoms with van der Waals surface area (Å²) in [5.41, 5.74) is 10.8. The predicted molar refractivity (Wildman–Crippen MR) is 234 cm³/mol. The van der Waals surface area contributed by atoms with Crippen molar-refractivity contribution in [3.63, 3.8) is 0 Å². The molecule has 4 aromatic heterocycles. The second-order valence-corrected chi connectivity index (χ2v) is 15.5. The number of para-hydroxylation sites is 2. The van der Waals surface area contributed by atoms with E-state index in [1.165, 1.54) is 20.2 Å². The number of nitrogens with zero attached hydrogens (tertiary/aromatic N) is 3. The summed E-state index contributed by atoms with van der Waals surface area (Å²) in [6, 6.07) is 61.1. The highest BCUT2D eigenvalue weighted by atomic mass is 32.1. The first kappa shape index (κ1) is 31.9. The van der Waals surface area contributed by atoms with Crippen molar-refractivity contribution in [3.05, 3.63) is 176 Å². The first-order chi connectivity index (χ1) is 28.2. The zero-order valence-electron chi connectivity index (χ0n) is 30.3. The van der Waals surface area contributed by atoms with Crippen LogP contribution in [0, 0.1) is 0 Å². The van der Waals surface area contributed by atoms with Gasteiger partial charge in [0.05, 0.1) is 0 Å². The van der Waals surface area contributed by atoms with Gasteiger partial charge in [0.1, 0.15) is 22.3 Å². The minimum atomic E-state index is 0.648. The van der Waals surface area contributed by atoms with E-state index in [0.29, 0.717) is 17.5 Å². The summed E-state index contributed by atoms with van der Waals surface area (Å²) in [6.45, 7) is 0. The lowest BCUT2D eigenvalue weighted by Gasteiger charge is -2.08. The van der Waals surface area contributed by atoms with Gasteiger partial charge in [-0.3, -0.25) is 0 Å². The molecule has 57 heavy (non-hydrogen) atoms. The molecule has 0 aliphatic carbocycles. The lowest BCUT2D eigenvalue weighted by molar-refractivity contribution is 0.668. The Labute approximate surface area is 330 Å². The molecule has 12 rings (SSSR count). The molecule has 0 aliphatic rings. The Balaban J connectivity index is 0.956. The lowest BCUT2D eigenvalue weighted by Crippen LogP contribution is -2.00. The van der Waals surface area contributed by atoms with E-state index in [4.69, 9.17) is 23.8 Å². The van der Waals surface area contributed by atoms with Gasteiger partial charge in [-0.05, 0) is 77.4 Å². The molecule has 0 aliphatic heterocycles. The number of hydrogen-bond donors (Lipinski definition) is 0. The molecule has 0 bridgehead atoms. The van der Waals surface area contributed by atoms with Gasteiger partial charge in [0.15, 0.2) is 17.5 Å². The van der Waals surface area contributed by atoms with E-state index in [9.17, 15) is 0 Å². The fourth-order valence-electron chi connectivity index (χ4n) is 8.13. The van der Waals surface area contributed by atoms with E-state index in [1.807, 2.05) is 72.8 Å². The monoisotopic (exact) mass is 747 g/mol. The van der Waals surface area contributed by atoms with E-state index in [0.717, 1.165) is 82.8 Å². The van der Waals surface area contributed by atoms with Crippen LogP contribution in [0.5, 0.6) is 0 Å². The number of furan rings is 2. The predicted octanol–water partition coefficient (Wildman–Crippen LogP) is 14.4. The minimum Gasteiger partial charge on any atom is -0.456 e. The molecule has 0 spiro atoms. The van der Waals surface area contributed by atoms with Crippen LogP contribution in [0.25, 0.3) is 120 Å². The SMILES string of the molecule is c1ccc(-c2nc(-c3ccccc3)nc(-c3ccc4sc5ccc(-c6ccc7oc8c(-c9ccc%10oc%11ccccc%11c%10c9)cccc8c7c6)cc5c4c3)n2)cc1. The lowest BCUT2D eigenvalue weighted by atomic mass is 9.98. The highest BCUT2D eigenvalue weighted by Crippen LogP contribution is 2.42. The van der Waals surface area contributed by atoms with Crippen LogP contribution in [0.3, 0.4) is 0 Å². The largest absolute Gasteiger partial charge is 0.456 e. The van der Waals surface area contributed by atoms with Crippen LogP contribution in [0.1, 0.15) is 0 Å². The maximum atomic E-state index is 6.62. The van der Waals surface area contributed by atoms with Crippen LogP contribution in [0.15, 0.2) is 185 Å². The number of fused-ring (bicyclic) bond motifs is 9. The Kier molecular flexibility index (Phi) is 7.03. The quantitative estimate of drug-likeness (QED) is 0.175. The molecule has 0 amide bonds. The molecule has 5 nitrogen and oxygen atoms in total. The van der Waals surface area contributed by atoms with Crippen molar-refractivity contribution in [2.45, 2.75) is 0 Å². The molecule has 266 valence electrons. The Hall–Kier alpha value is -7.41. The molecule has 8 aromatic carbocycles. The summed E-state index contributed by atoms with van der Waals surface area (Å²) in [5, 5.41) is 6.78. The molecule has 0 N–H and O–H groups in total. The van der Waals surface area contributed by atoms with Gasteiger partial charge in [-0.25, -0.2) is 15.0 Å². The fourth-order valence-corrected chi connectivity index (χ4v) is 9.20. The van der Waals surface area contributed by atoms with E-state index < -0.39 is 0 Å². The highest BCUT2D eigenvalue weighted by molar-refractivity contribution is 7.25. The standard InChI is InChI=1S/C51H29N3O2S/c1-3-10-30(11-4-1)49-52-50(31-12-5-2-6-13-31)54-51(53-49)35-21-25-47-42(29-35)41-27-33(20-24-46(41)57-47)32-18-22-45-40(26-32)38-16-9-15-36(48(38)56-45)34-19-23-44-39(28-34)37-14-7-8-17-43(37)55-44/h1-29H. The molecule has 0 saturated carbocycles. The maximum absolute atomic E-state index is 6.62. The molecule has 0 fully saturated rings. The van der Waals surface area contributed by atoms with Crippen molar-refractivity contribution >= 4 is 75.4 Å². The third-order valence-corrected chi connectivity index (χ3v) is 12.1. The van der Waals surface area contributed by atoms with Crippen molar-refractivity contribution in [1.29, 1.82) is 0 Å². The summed E-state index contributed by atoms with van der Waals surface area (Å²) < 4.78 is 15.2. The molecule has 4 heterocycles. The number of aromatic nitrogens is 3. The number of hydrogen-bond acceptors (Lipinski definition) is 6. The Morgan fingerprint density at radius 3 is 1.53 bits per heavy atom. The zero-order valence-corrected chi connectivity index (χ0v) is 31.1. The number of benzene rings is 8. The van der Waals surface area contributed by atoms with E-state index in [2.05, 4.69) is 103 Å².